The molecule has 0 heterocycles. The number of aryl methyl sites for hydroxylation is 1. The molecule has 1 amide bonds. The zero-order chi connectivity index (χ0) is 13.5. The van der Waals surface area contributed by atoms with Crippen LogP contribution in [0.25, 0.3) is 0 Å². The molecule has 0 aliphatic rings. The first kappa shape index (κ1) is 14.6. The molecule has 100 valence electrons. The molecule has 0 aliphatic carbocycles. The number of aliphatic hydroxyl groups excluding tert-OH is 1. The number of aliphatic hydroxyl groups is 1. The average Bonchev–Trinajstić information content (AvgIpc) is 2.31. The molecule has 0 fully saturated rings. The highest BCUT2D eigenvalue weighted by molar-refractivity contribution is 5.72. The lowest BCUT2D eigenvalue weighted by Crippen LogP contribution is -2.32. The van der Waals surface area contributed by atoms with Gasteiger partial charge in [0.05, 0.1) is 6.10 Å². The number of rotatable bonds is 6. The quantitative estimate of drug-likeness (QED) is 0.661. The Bertz CT molecular complexity index is 410. The first-order chi connectivity index (χ1) is 8.50. The third-order valence-electron chi connectivity index (χ3n) is 2.58. The fraction of sp³-hybridized carbons (Fsp3) is 0.462. The maximum atomic E-state index is 13.1. The van der Waals surface area contributed by atoms with Gasteiger partial charge in [0, 0.05) is 26.6 Å². The summed E-state index contributed by atoms with van der Waals surface area (Å²) in [5, 5.41) is 15.5. The van der Waals surface area contributed by atoms with E-state index in [4.69, 9.17) is 0 Å². The van der Waals surface area contributed by atoms with Gasteiger partial charge in [0.2, 0.25) is 5.91 Å². The molecular weight excluding hydrogens is 235 g/mol. The Hall–Kier alpha value is -1.46. The second kappa shape index (κ2) is 7.08. The van der Waals surface area contributed by atoms with Crippen LogP contribution in [0.15, 0.2) is 18.2 Å². The van der Waals surface area contributed by atoms with Crippen LogP contribution in [0, 0.1) is 12.7 Å². The van der Waals surface area contributed by atoms with Crippen molar-refractivity contribution < 1.29 is 14.3 Å². The van der Waals surface area contributed by atoms with Gasteiger partial charge in [0.1, 0.15) is 5.82 Å². The second-order valence-electron chi connectivity index (χ2n) is 4.21. The minimum atomic E-state index is -0.679. The Morgan fingerprint density at radius 1 is 1.44 bits per heavy atom. The average molecular weight is 254 g/mol. The number of carbonyl (C=O) groups excluding carboxylic acids is 1. The van der Waals surface area contributed by atoms with Crippen molar-refractivity contribution in [2.24, 2.45) is 0 Å². The van der Waals surface area contributed by atoms with Crippen LogP contribution in [-0.4, -0.2) is 30.6 Å². The maximum Gasteiger partial charge on any atom is 0.216 e. The Labute approximate surface area is 106 Å². The lowest BCUT2D eigenvalue weighted by molar-refractivity contribution is -0.118. The molecule has 1 aromatic carbocycles. The topological polar surface area (TPSA) is 61.4 Å². The summed E-state index contributed by atoms with van der Waals surface area (Å²) in [6, 6.07) is 4.56. The molecule has 0 aromatic heterocycles. The first-order valence-electron chi connectivity index (χ1n) is 5.90. The number of hydrogen-bond acceptors (Lipinski definition) is 3. The molecular formula is C13H19FN2O2. The molecule has 0 spiro atoms. The summed E-state index contributed by atoms with van der Waals surface area (Å²) >= 11 is 0. The molecule has 0 aliphatic heterocycles. The third kappa shape index (κ3) is 4.81. The lowest BCUT2D eigenvalue weighted by atomic mass is 10.1. The van der Waals surface area contributed by atoms with E-state index in [1.807, 2.05) is 0 Å². The summed E-state index contributed by atoms with van der Waals surface area (Å²) in [5.41, 5.74) is 1.20. The molecule has 18 heavy (non-hydrogen) atoms. The van der Waals surface area contributed by atoms with E-state index in [1.165, 1.54) is 13.0 Å². The Balaban J connectivity index is 2.34. The standard InChI is InChI=1S/C13H19FN2O2/c1-9-7-11(3-4-12(9)14)13(18)8-15-5-6-16-10(2)17/h3-4,7,13,15,18H,5-6,8H2,1-2H3,(H,16,17). The predicted octanol–water partition coefficient (Wildman–Crippen LogP) is 0.893. The van der Waals surface area contributed by atoms with Crippen LogP contribution in [0.4, 0.5) is 4.39 Å². The van der Waals surface area contributed by atoms with Crippen molar-refractivity contribution in [1.29, 1.82) is 0 Å². The number of nitrogens with one attached hydrogen (secondary N) is 2. The van der Waals surface area contributed by atoms with Crippen molar-refractivity contribution in [2.45, 2.75) is 20.0 Å². The van der Waals surface area contributed by atoms with Crippen LogP contribution in [-0.2, 0) is 4.79 Å². The summed E-state index contributed by atoms with van der Waals surface area (Å²) in [6.07, 6.45) is -0.679. The number of amides is 1. The van der Waals surface area contributed by atoms with Crippen molar-refractivity contribution in [2.75, 3.05) is 19.6 Å². The highest BCUT2D eigenvalue weighted by Gasteiger charge is 2.08. The van der Waals surface area contributed by atoms with Crippen molar-refractivity contribution >= 4 is 5.91 Å². The Kier molecular flexibility index (Phi) is 5.74. The van der Waals surface area contributed by atoms with Gasteiger partial charge in [-0.25, -0.2) is 4.39 Å². The predicted molar refractivity (Wildman–Crippen MR) is 67.7 cm³/mol. The van der Waals surface area contributed by atoms with Crippen molar-refractivity contribution in [1.82, 2.24) is 10.6 Å². The fourth-order valence-electron chi connectivity index (χ4n) is 1.56. The van der Waals surface area contributed by atoms with Gasteiger partial charge in [-0.2, -0.15) is 0 Å². The van der Waals surface area contributed by atoms with Gasteiger partial charge in [0.15, 0.2) is 0 Å². The van der Waals surface area contributed by atoms with E-state index in [1.54, 1.807) is 19.1 Å². The number of hydrogen-bond donors (Lipinski definition) is 3. The molecule has 3 N–H and O–H groups in total. The normalized spacial score (nSPS) is 12.2. The molecule has 0 saturated carbocycles. The molecule has 0 bridgehead atoms. The van der Waals surface area contributed by atoms with Gasteiger partial charge >= 0.3 is 0 Å². The highest BCUT2D eigenvalue weighted by atomic mass is 19.1. The zero-order valence-electron chi connectivity index (χ0n) is 10.7. The zero-order valence-corrected chi connectivity index (χ0v) is 10.7. The molecule has 1 aromatic rings. The van der Waals surface area contributed by atoms with Crippen molar-refractivity contribution in [3.63, 3.8) is 0 Å². The van der Waals surface area contributed by atoms with Gasteiger partial charge < -0.3 is 15.7 Å². The van der Waals surface area contributed by atoms with E-state index in [0.29, 0.717) is 30.8 Å². The van der Waals surface area contributed by atoms with E-state index in [9.17, 15) is 14.3 Å². The van der Waals surface area contributed by atoms with Gasteiger partial charge in [0.25, 0.3) is 0 Å². The van der Waals surface area contributed by atoms with E-state index in [0.717, 1.165) is 0 Å². The van der Waals surface area contributed by atoms with Crippen molar-refractivity contribution in [3.8, 4) is 0 Å². The largest absolute Gasteiger partial charge is 0.387 e. The van der Waals surface area contributed by atoms with Crippen LogP contribution < -0.4 is 10.6 Å². The molecule has 5 heteroatoms. The third-order valence-corrected chi connectivity index (χ3v) is 2.58. The molecule has 1 rings (SSSR count). The fourth-order valence-corrected chi connectivity index (χ4v) is 1.56. The smallest absolute Gasteiger partial charge is 0.216 e. The minimum Gasteiger partial charge on any atom is -0.387 e. The summed E-state index contributed by atoms with van der Waals surface area (Å²) in [7, 11) is 0. The van der Waals surface area contributed by atoms with Gasteiger partial charge in [-0.15, -0.1) is 0 Å². The van der Waals surface area contributed by atoms with Gasteiger partial charge in [-0.1, -0.05) is 12.1 Å². The van der Waals surface area contributed by atoms with Crippen LogP contribution >= 0.6 is 0 Å². The first-order valence-corrected chi connectivity index (χ1v) is 5.90. The number of halogens is 1. The SMILES string of the molecule is CC(=O)NCCNCC(O)c1ccc(F)c(C)c1. The molecule has 1 unspecified atom stereocenters. The Morgan fingerprint density at radius 2 is 2.17 bits per heavy atom. The molecule has 0 saturated heterocycles. The second-order valence-corrected chi connectivity index (χ2v) is 4.21. The number of carbonyl (C=O) groups is 1. The van der Waals surface area contributed by atoms with Gasteiger partial charge in [-0.3, -0.25) is 4.79 Å². The van der Waals surface area contributed by atoms with Gasteiger partial charge in [-0.05, 0) is 24.1 Å². The van der Waals surface area contributed by atoms with Crippen LogP contribution in [0.5, 0.6) is 0 Å². The van der Waals surface area contributed by atoms with Crippen LogP contribution in [0.2, 0.25) is 0 Å². The van der Waals surface area contributed by atoms with E-state index in [-0.39, 0.29) is 11.7 Å². The summed E-state index contributed by atoms with van der Waals surface area (Å²) in [5.74, 6) is -0.351. The lowest BCUT2D eigenvalue weighted by Gasteiger charge is -2.13. The Morgan fingerprint density at radius 3 is 2.78 bits per heavy atom. The monoisotopic (exact) mass is 254 g/mol. The highest BCUT2D eigenvalue weighted by Crippen LogP contribution is 2.15. The van der Waals surface area contributed by atoms with Crippen molar-refractivity contribution in [3.05, 3.63) is 35.1 Å². The molecule has 4 nitrogen and oxygen atoms in total. The summed E-state index contributed by atoms with van der Waals surface area (Å²) < 4.78 is 13.1. The number of benzene rings is 1. The summed E-state index contributed by atoms with van der Waals surface area (Å²) in [6.45, 7) is 4.58. The van der Waals surface area contributed by atoms with Crippen LogP contribution in [0.1, 0.15) is 24.2 Å². The van der Waals surface area contributed by atoms with Crippen LogP contribution in [0.3, 0.4) is 0 Å². The molecule has 1 atom stereocenters. The minimum absolute atomic E-state index is 0.0773. The maximum absolute atomic E-state index is 13.1. The van der Waals surface area contributed by atoms with E-state index < -0.39 is 6.10 Å². The summed E-state index contributed by atoms with van der Waals surface area (Å²) in [4.78, 5) is 10.6. The molecule has 0 radical (unpaired) electrons. The van der Waals surface area contributed by atoms with E-state index >= 15 is 0 Å². The van der Waals surface area contributed by atoms with E-state index in [2.05, 4.69) is 10.6 Å².